The highest BCUT2D eigenvalue weighted by Crippen LogP contribution is 2.20. The van der Waals surface area contributed by atoms with Gasteiger partial charge in [0.05, 0.1) is 12.8 Å². The minimum atomic E-state index is -0.574. The lowest BCUT2D eigenvalue weighted by molar-refractivity contribution is -0.122. The van der Waals surface area contributed by atoms with E-state index < -0.39 is 6.04 Å². The van der Waals surface area contributed by atoms with E-state index in [1.807, 2.05) is 61.5 Å². The lowest BCUT2D eigenvalue weighted by Crippen LogP contribution is -2.35. The smallest absolute Gasteiger partial charge is 0.270 e. The Bertz CT molecular complexity index is 1120. The van der Waals surface area contributed by atoms with Crippen molar-refractivity contribution in [3.8, 4) is 5.75 Å². The second kappa shape index (κ2) is 11.2. The number of hydrogen-bond donors (Lipinski definition) is 0. The maximum absolute atomic E-state index is 13.4. The average Bonchev–Trinajstić information content (AvgIpc) is 2.78. The number of nitrogens with zero attached hydrogens (tertiary/aromatic N) is 2. The Balaban J connectivity index is 1.94. The van der Waals surface area contributed by atoms with Gasteiger partial charge in [-0.15, -0.1) is 0 Å². The van der Waals surface area contributed by atoms with Crippen LogP contribution in [0.1, 0.15) is 54.6 Å². The molecule has 1 atom stereocenters. The maximum atomic E-state index is 13.4. The molecule has 0 N–H and O–H groups in total. The minimum absolute atomic E-state index is 0.00769. The molecule has 0 bridgehead atoms. The number of carbonyl (C=O) groups is 1. The maximum Gasteiger partial charge on any atom is 0.270 e. The van der Waals surface area contributed by atoms with Crippen LogP contribution in [0.2, 0.25) is 0 Å². The van der Waals surface area contributed by atoms with Crippen molar-refractivity contribution in [2.45, 2.75) is 52.0 Å². The quantitative estimate of drug-likeness (QED) is 0.374. The molecule has 168 valence electrons. The molecule has 32 heavy (non-hydrogen) atoms. The van der Waals surface area contributed by atoms with Crippen molar-refractivity contribution >= 4 is 21.7 Å². The lowest BCUT2D eigenvalue weighted by Gasteiger charge is -2.19. The highest BCUT2D eigenvalue weighted by molar-refractivity contribution is 9.10. The number of ether oxygens (including phenoxy) is 1. The summed E-state index contributed by atoms with van der Waals surface area (Å²) >= 11 is 3.42. The number of Topliss-reactive ketones (excluding diaryl/α,β-unsaturated/α-hetero) is 1. The van der Waals surface area contributed by atoms with Gasteiger partial charge < -0.3 is 4.74 Å². The Labute approximate surface area is 197 Å². The number of ketones is 1. The van der Waals surface area contributed by atoms with Gasteiger partial charge in [0, 0.05) is 22.9 Å². The largest absolute Gasteiger partial charge is 0.497 e. The third-order valence-electron chi connectivity index (χ3n) is 5.45. The van der Waals surface area contributed by atoms with E-state index in [0.29, 0.717) is 18.4 Å². The molecule has 0 aliphatic rings. The molecule has 2 aromatic carbocycles. The number of methoxy groups -OCH3 is 1. The first kappa shape index (κ1) is 23.9. The average molecular weight is 497 g/mol. The zero-order valence-corrected chi connectivity index (χ0v) is 20.4. The molecule has 1 unspecified atom stereocenters. The number of halogens is 1. The van der Waals surface area contributed by atoms with Gasteiger partial charge in [-0.05, 0) is 54.8 Å². The predicted molar refractivity (Wildman–Crippen MR) is 130 cm³/mol. The van der Waals surface area contributed by atoms with E-state index in [1.54, 1.807) is 7.11 Å². The summed E-state index contributed by atoms with van der Waals surface area (Å²) in [7, 11) is 1.62. The monoisotopic (exact) mass is 496 g/mol. The first-order valence-electron chi connectivity index (χ1n) is 10.9. The van der Waals surface area contributed by atoms with Gasteiger partial charge in [0.1, 0.15) is 11.8 Å². The molecule has 3 rings (SSSR count). The molecule has 6 heteroatoms. The molecule has 0 saturated carbocycles. The molecule has 0 aliphatic heterocycles. The number of carbonyl (C=O) groups excluding carboxylic acids is 1. The van der Waals surface area contributed by atoms with Crippen LogP contribution in [0.5, 0.6) is 5.75 Å². The van der Waals surface area contributed by atoms with E-state index >= 15 is 0 Å². The van der Waals surface area contributed by atoms with E-state index in [9.17, 15) is 9.59 Å². The van der Waals surface area contributed by atoms with Gasteiger partial charge in [0.25, 0.3) is 5.56 Å². The van der Waals surface area contributed by atoms with Crippen LogP contribution < -0.4 is 10.3 Å². The normalized spacial score (nSPS) is 11.9. The van der Waals surface area contributed by atoms with Gasteiger partial charge in [0.2, 0.25) is 0 Å². The second-order valence-electron chi connectivity index (χ2n) is 8.02. The summed E-state index contributed by atoms with van der Waals surface area (Å²) in [5.74, 6) is 0.757. The van der Waals surface area contributed by atoms with Gasteiger partial charge >= 0.3 is 0 Å². The summed E-state index contributed by atoms with van der Waals surface area (Å²) in [6.07, 6.45) is 3.12. The van der Waals surface area contributed by atoms with Crippen molar-refractivity contribution in [2.24, 2.45) is 0 Å². The van der Waals surface area contributed by atoms with Crippen molar-refractivity contribution in [1.82, 2.24) is 9.78 Å². The topological polar surface area (TPSA) is 61.2 Å². The fourth-order valence-electron chi connectivity index (χ4n) is 3.78. The van der Waals surface area contributed by atoms with Crippen molar-refractivity contribution < 1.29 is 9.53 Å². The first-order chi connectivity index (χ1) is 15.4. The Kier molecular flexibility index (Phi) is 8.39. The van der Waals surface area contributed by atoms with Crippen LogP contribution in [0.15, 0.2) is 63.9 Å². The molecule has 0 spiro atoms. The van der Waals surface area contributed by atoms with Gasteiger partial charge in [0.15, 0.2) is 5.78 Å². The summed E-state index contributed by atoms with van der Waals surface area (Å²) in [6.45, 7) is 3.94. The van der Waals surface area contributed by atoms with Crippen molar-refractivity contribution in [2.75, 3.05) is 7.11 Å². The molecule has 0 radical (unpaired) electrons. The summed E-state index contributed by atoms with van der Waals surface area (Å²) in [4.78, 5) is 26.7. The predicted octanol–water partition coefficient (Wildman–Crippen LogP) is 5.46. The van der Waals surface area contributed by atoms with E-state index in [4.69, 9.17) is 4.74 Å². The van der Waals surface area contributed by atoms with E-state index in [2.05, 4.69) is 28.0 Å². The Morgan fingerprint density at radius 1 is 1.12 bits per heavy atom. The molecule has 1 heterocycles. The molecule has 0 saturated heterocycles. The minimum Gasteiger partial charge on any atom is -0.497 e. The number of aromatic nitrogens is 2. The Morgan fingerprint density at radius 3 is 2.56 bits per heavy atom. The zero-order chi connectivity index (χ0) is 23.1. The summed E-state index contributed by atoms with van der Waals surface area (Å²) in [5.41, 5.74) is 3.05. The molecule has 0 amide bonds. The molecular formula is C26H29BrN2O3. The van der Waals surface area contributed by atoms with Gasteiger partial charge in [-0.3, -0.25) is 9.59 Å². The standard InChI is InChI=1S/C26H29BrN2O3/c1-4-5-9-24(25(30)17-19-10-12-22(27)13-11-19)29-26(31)21(14-18(2)28-29)15-20-7-6-8-23(16-20)32-3/h6-8,10-14,16,24H,4-5,9,15,17H2,1-3H3. The number of unbranched alkanes of at least 4 members (excludes halogenated alkanes) is 1. The van der Waals surface area contributed by atoms with E-state index in [0.717, 1.165) is 39.9 Å². The highest BCUT2D eigenvalue weighted by Gasteiger charge is 2.24. The lowest BCUT2D eigenvalue weighted by atomic mass is 9.99. The van der Waals surface area contributed by atoms with Crippen LogP contribution >= 0.6 is 15.9 Å². The van der Waals surface area contributed by atoms with Crippen LogP contribution in [0, 0.1) is 6.92 Å². The number of benzene rings is 2. The molecule has 5 nitrogen and oxygen atoms in total. The van der Waals surface area contributed by atoms with Crippen LogP contribution in [0.4, 0.5) is 0 Å². The van der Waals surface area contributed by atoms with Gasteiger partial charge in [-0.1, -0.05) is 60.0 Å². The molecular weight excluding hydrogens is 468 g/mol. The van der Waals surface area contributed by atoms with Crippen molar-refractivity contribution in [1.29, 1.82) is 0 Å². The molecule has 0 aliphatic carbocycles. The first-order valence-corrected chi connectivity index (χ1v) is 11.7. The third kappa shape index (κ3) is 6.16. The summed E-state index contributed by atoms with van der Waals surface area (Å²) in [6, 6.07) is 16.6. The molecule has 3 aromatic rings. The van der Waals surface area contributed by atoms with Crippen LogP contribution in [0.3, 0.4) is 0 Å². The highest BCUT2D eigenvalue weighted by atomic mass is 79.9. The fourth-order valence-corrected chi connectivity index (χ4v) is 4.05. The van der Waals surface area contributed by atoms with E-state index in [1.165, 1.54) is 4.68 Å². The summed E-state index contributed by atoms with van der Waals surface area (Å²) in [5, 5.41) is 4.49. The van der Waals surface area contributed by atoms with Crippen LogP contribution in [0.25, 0.3) is 0 Å². The Morgan fingerprint density at radius 2 is 1.88 bits per heavy atom. The fraction of sp³-hybridized carbons (Fsp3) is 0.346. The third-order valence-corrected chi connectivity index (χ3v) is 5.98. The number of hydrogen-bond acceptors (Lipinski definition) is 4. The van der Waals surface area contributed by atoms with E-state index in [-0.39, 0.29) is 17.8 Å². The molecule has 1 aromatic heterocycles. The zero-order valence-electron chi connectivity index (χ0n) is 18.8. The Hall–Kier alpha value is -2.73. The second-order valence-corrected chi connectivity index (χ2v) is 8.93. The van der Waals surface area contributed by atoms with Crippen LogP contribution in [-0.4, -0.2) is 22.7 Å². The number of aryl methyl sites for hydroxylation is 1. The molecule has 0 fully saturated rings. The van der Waals surface area contributed by atoms with Crippen LogP contribution in [-0.2, 0) is 17.6 Å². The SMILES string of the molecule is CCCCC(C(=O)Cc1ccc(Br)cc1)n1nc(C)cc(Cc2cccc(OC)c2)c1=O. The van der Waals surface area contributed by atoms with Crippen molar-refractivity contribution in [3.63, 3.8) is 0 Å². The van der Waals surface area contributed by atoms with Gasteiger partial charge in [-0.2, -0.15) is 5.10 Å². The number of rotatable bonds is 10. The van der Waals surface area contributed by atoms with Crippen molar-refractivity contribution in [3.05, 3.63) is 91.8 Å². The summed E-state index contributed by atoms with van der Waals surface area (Å²) < 4.78 is 7.69. The van der Waals surface area contributed by atoms with Gasteiger partial charge in [-0.25, -0.2) is 4.68 Å².